The average Bonchev–Trinajstić information content (AvgIpc) is 3.02. The molecule has 0 saturated heterocycles. The summed E-state index contributed by atoms with van der Waals surface area (Å²) in [5, 5.41) is 11.5. The maximum Gasteiger partial charge on any atom is 0.272 e. The van der Waals surface area contributed by atoms with Crippen LogP contribution in [0.5, 0.6) is 0 Å². The van der Waals surface area contributed by atoms with Crippen molar-refractivity contribution < 1.29 is 4.79 Å². The molecule has 0 radical (unpaired) electrons. The highest BCUT2D eigenvalue weighted by atomic mass is 16.1. The predicted molar refractivity (Wildman–Crippen MR) is 99.9 cm³/mol. The molecule has 0 aliphatic carbocycles. The van der Waals surface area contributed by atoms with Crippen LogP contribution in [-0.4, -0.2) is 10.5 Å². The van der Waals surface area contributed by atoms with Gasteiger partial charge in [-0.2, -0.15) is 10.2 Å². The number of aryl methyl sites for hydroxylation is 3. The van der Waals surface area contributed by atoms with Crippen molar-refractivity contribution in [3.63, 3.8) is 0 Å². The van der Waals surface area contributed by atoms with Crippen LogP contribution < -0.4 is 5.32 Å². The Morgan fingerprint density at radius 1 is 0.960 bits per heavy atom. The van der Waals surface area contributed by atoms with Gasteiger partial charge >= 0.3 is 0 Å². The third-order valence-corrected chi connectivity index (χ3v) is 4.02. The summed E-state index contributed by atoms with van der Waals surface area (Å²) >= 11 is 0. The van der Waals surface area contributed by atoms with E-state index in [9.17, 15) is 4.79 Å². The number of hydrogen-bond donors (Lipinski definition) is 1. The van der Waals surface area contributed by atoms with Crippen LogP contribution in [0.1, 0.15) is 21.6 Å². The van der Waals surface area contributed by atoms with Gasteiger partial charge in [-0.15, -0.1) is 0 Å². The summed E-state index contributed by atoms with van der Waals surface area (Å²) in [4.78, 5) is 12.3. The number of nitrogens with one attached hydrogen (secondary N) is 1. The van der Waals surface area contributed by atoms with Crippen LogP contribution >= 0.6 is 0 Å². The largest absolute Gasteiger partial charge is 0.347 e. The van der Waals surface area contributed by atoms with Crippen LogP contribution in [0.25, 0.3) is 0 Å². The molecule has 0 unspecified atom stereocenters. The third-order valence-electron chi connectivity index (χ3n) is 4.02. The van der Waals surface area contributed by atoms with Gasteiger partial charge in [0.15, 0.2) is 0 Å². The molecule has 2 aromatic carbocycles. The summed E-state index contributed by atoms with van der Waals surface area (Å²) in [6, 6.07) is 17.1. The van der Waals surface area contributed by atoms with Gasteiger partial charge in [-0.05, 0) is 61.4 Å². The summed E-state index contributed by atoms with van der Waals surface area (Å²) < 4.78 is 1.79. The number of aromatic nitrogens is 1. The Hall–Kier alpha value is -3.21. The van der Waals surface area contributed by atoms with Crippen molar-refractivity contribution in [1.29, 1.82) is 0 Å². The molecule has 1 N–H and O–H groups in total. The second-order valence-electron chi connectivity index (χ2n) is 5.94. The van der Waals surface area contributed by atoms with E-state index in [0.29, 0.717) is 5.69 Å². The van der Waals surface area contributed by atoms with Crippen LogP contribution in [0.3, 0.4) is 0 Å². The highest BCUT2D eigenvalue weighted by Crippen LogP contribution is 2.25. The standard InChI is InChI=1S/C20H20N4O/c1-14-7-4-5-8-18(14)23-22-16-10-11-17(15(2)13-16)21-20(25)19-9-6-12-24(19)3/h4-13H,1-3H3,(H,21,25). The molecule has 1 heterocycles. The SMILES string of the molecule is Cc1ccccc1N=Nc1ccc(NC(=O)c2cccn2C)c(C)c1. The summed E-state index contributed by atoms with van der Waals surface area (Å²) in [7, 11) is 1.84. The van der Waals surface area contributed by atoms with Crippen LogP contribution in [-0.2, 0) is 7.05 Å². The average molecular weight is 332 g/mol. The van der Waals surface area contributed by atoms with E-state index in [2.05, 4.69) is 15.5 Å². The van der Waals surface area contributed by atoms with E-state index in [0.717, 1.165) is 28.2 Å². The molecule has 126 valence electrons. The first kappa shape index (κ1) is 16.6. The van der Waals surface area contributed by atoms with Gasteiger partial charge in [0.25, 0.3) is 5.91 Å². The lowest BCUT2D eigenvalue weighted by molar-refractivity contribution is 0.101. The van der Waals surface area contributed by atoms with Gasteiger partial charge in [-0.3, -0.25) is 4.79 Å². The number of hydrogen-bond acceptors (Lipinski definition) is 3. The van der Waals surface area contributed by atoms with Gasteiger partial charge in [-0.25, -0.2) is 0 Å². The number of anilines is 1. The number of nitrogens with zero attached hydrogens (tertiary/aromatic N) is 3. The number of amides is 1. The Labute approximate surface area is 147 Å². The molecule has 3 rings (SSSR count). The molecule has 0 bridgehead atoms. The summed E-state index contributed by atoms with van der Waals surface area (Å²) in [6.07, 6.45) is 1.84. The summed E-state index contributed by atoms with van der Waals surface area (Å²) in [6.45, 7) is 3.94. The smallest absolute Gasteiger partial charge is 0.272 e. The van der Waals surface area contributed by atoms with Crippen molar-refractivity contribution in [1.82, 2.24) is 4.57 Å². The van der Waals surface area contributed by atoms with E-state index in [1.54, 1.807) is 10.6 Å². The molecule has 0 aliphatic heterocycles. The second-order valence-corrected chi connectivity index (χ2v) is 5.94. The maximum atomic E-state index is 12.3. The normalized spacial score (nSPS) is 11.0. The molecule has 25 heavy (non-hydrogen) atoms. The van der Waals surface area contributed by atoms with Gasteiger partial charge in [0.1, 0.15) is 5.69 Å². The Morgan fingerprint density at radius 3 is 2.44 bits per heavy atom. The van der Waals surface area contributed by atoms with E-state index in [4.69, 9.17) is 0 Å². The van der Waals surface area contributed by atoms with Crippen molar-refractivity contribution in [3.8, 4) is 0 Å². The highest BCUT2D eigenvalue weighted by Gasteiger charge is 2.10. The van der Waals surface area contributed by atoms with Crippen LogP contribution in [0.4, 0.5) is 17.1 Å². The zero-order chi connectivity index (χ0) is 17.8. The first-order valence-electron chi connectivity index (χ1n) is 8.05. The predicted octanol–water partition coefficient (Wildman–Crippen LogP) is 5.31. The lowest BCUT2D eigenvalue weighted by Crippen LogP contribution is -2.15. The summed E-state index contributed by atoms with van der Waals surface area (Å²) in [5.41, 5.74) is 4.99. The fourth-order valence-corrected chi connectivity index (χ4v) is 2.52. The minimum Gasteiger partial charge on any atom is -0.347 e. The zero-order valence-corrected chi connectivity index (χ0v) is 14.5. The van der Waals surface area contributed by atoms with E-state index >= 15 is 0 Å². The fraction of sp³-hybridized carbons (Fsp3) is 0.150. The van der Waals surface area contributed by atoms with E-state index in [1.807, 2.05) is 75.6 Å². The first-order chi connectivity index (χ1) is 12.0. The Kier molecular flexibility index (Phi) is 4.75. The van der Waals surface area contributed by atoms with Crippen molar-refractivity contribution >= 4 is 23.0 Å². The molecule has 1 aromatic heterocycles. The van der Waals surface area contributed by atoms with Gasteiger partial charge in [0.2, 0.25) is 0 Å². The third kappa shape index (κ3) is 3.83. The number of azo groups is 1. The molecule has 0 atom stereocenters. The Morgan fingerprint density at radius 2 is 1.76 bits per heavy atom. The van der Waals surface area contributed by atoms with E-state index in [1.165, 1.54) is 0 Å². The Bertz CT molecular complexity index is 940. The number of carbonyl (C=O) groups excluding carboxylic acids is 1. The topological polar surface area (TPSA) is 58.8 Å². The number of benzene rings is 2. The Balaban J connectivity index is 1.76. The molecule has 0 spiro atoms. The number of carbonyl (C=O) groups is 1. The van der Waals surface area contributed by atoms with Gasteiger partial charge < -0.3 is 9.88 Å². The molecule has 0 fully saturated rings. The number of rotatable bonds is 4. The highest BCUT2D eigenvalue weighted by molar-refractivity contribution is 6.03. The molecule has 0 aliphatic rings. The van der Waals surface area contributed by atoms with E-state index < -0.39 is 0 Å². The van der Waals surface area contributed by atoms with Gasteiger partial charge in [0, 0.05) is 18.9 Å². The maximum absolute atomic E-state index is 12.3. The fourth-order valence-electron chi connectivity index (χ4n) is 2.52. The van der Waals surface area contributed by atoms with Crippen molar-refractivity contribution in [2.24, 2.45) is 17.3 Å². The summed E-state index contributed by atoms with van der Waals surface area (Å²) in [5.74, 6) is -0.134. The minimum absolute atomic E-state index is 0.134. The minimum atomic E-state index is -0.134. The molecular weight excluding hydrogens is 312 g/mol. The van der Waals surface area contributed by atoms with Gasteiger partial charge in [0.05, 0.1) is 11.4 Å². The van der Waals surface area contributed by atoms with Crippen molar-refractivity contribution in [2.75, 3.05) is 5.32 Å². The molecule has 1 amide bonds. The van der Waals surface area contributed by atoms with E-state index in [-0.39, 0.29) is 5.91 Å². The van der Waals surface area contributed by atoms with Crippen molar-refractivity contribution in [2.45, 2.75) is 13.8 Å². The molecule has 5 heteroatoms. The lowest BCUT2D eigenvalue weighted by Gasteiger charge is -2.09. The van der Waals surface area contributed by atoms with Crippen molar-refractivity contribution in [3.05, 3.63) is 77.6 Å². The van der Waals surface area contributed by atoms with Crippen LogP contribution in [0.2, 0.25) is 0 Å². The second kappa shape index (κ2) is 7.13. The molecule has 5 nitrogen and oxygen atoms in total. The van der Waals surface area contributed by atoms with Crippen LogP contribution in [0, 0.1) is 13.8 Å². The first-order valence-corrected chi connectivity index (χ1v) is 8.05. The van der Waals surface area contributed by atoms with Gasteiger partial charge in [-0.1, -0.05) is 18.2 Å². The monoisotopic (exact) mass is 332 g/mol. The molecule has 0 saturated carbocycles. The molecular formula is C20H20N4O. The molecule has 3 aromatic rings. The lowest BCUT2D eigenvalue weighted by atomic mass is 10.1. The van der Waals surface area contributed by atoms with Crippen LogP contribution in [0.15, 0.2) is 71.0 Å². The zero-order valence-electron chi connectivity index (χ0n) is 14.5. The quantitative estimate of drug-likeness (QED) is 0.647.